The SMILES string of the molecule is O=C(NCCn1nc2c(cc1=O)CCCC2)c1cc(=O)n(-c2ccccc2)c(=O)[nH]1. The van der Waals surface area contributed by atoms with Crippen LogP contribution in [0.3, 0.4) is 0 Å². The number of para-hydroxylation sites is 1. The van der Waals surface area contributed by atoms with E-state index in [1.807, 2.05) is 0 Å². The molecule has 2 aromatic heterocycles. The summed E-state index contributed by atoms with van der Waals surface area (Å²) in [6.07, 6.45) is 3.84. The van der Waals surface area contributed by atoms with Gasteiger partial charge in [0.2, 0.25) is 0 Å². The molecule has 0 bridgehead atoms. The smallest absolute Gasteiger partial charge is 0.333 e. The molecule has 0 fully saturated rings. The molecule has 3 aromatic rings. The zero-order chi connectivity index (χ0) is 21.1. The number of fused-ring (bicyclic) bond motifs is 1. The number of aryl methyl sites for hydroxylation is 2. The molecule has 30 heavy (non-hydrogen) atoms. The maximum atomic E-state index is 12.4. The number of nitrogens with one attached hydrogen (secondary N) is 2. The second-order valence-electron chi connectivity index (χ2n) is 7.14. The van der Waals surface area contributed by atoms with Crippen LogP contribution in [0.15, 0.2) is 56.8 Å². The predicted molar refractivity (Wildman–Crippen MR) is 110 cm³/mol. The van der Waals surface area contributed by atoms with Crippen LogP contribution in [0.25, 0.3) is 5.69 Å². The van der Waals surface area contributed by atoms with Crippen LogP contribution in [0.2, 0.25) is 0 Å². The Hall–Kier alpha value is -3.75. The monoisotopic (exact) mass is 407 g/mol. The number of amides is 1. The second kappa shape index (κ2) is 8.32. The Bertz CT molecular complexity index is 1230. The number of rotatable bonds is 5. The Morgan fingerprint density at radius 3 is 2.57 bits per heavy atom. The van der Waals surface area contributed by atoms with E-state index in [2.05, 4.69) is 15.4 Å². The van der Waals surface area contributed by atoms with E-state index >= 15 is 0 Å². The summed E-state index contributed by atoms with van der Waals surface area (Å²) in [7, 11) is 0. The van der Waals surface area contributed by atoms with Crippen molar-refractivity contribution in [3.8, 4) is 5.69 Å². The third-order valence-corrected chi connectivity index (χ3v) is 5.07. The minimum Gasteiger partial charge on any atom is -0.349 e. The molecular weight excluding hydrogens is 386 g/mol. The lowest BCUT2D eigenvalue weighted by atomic mass is 9.97. The van der Waals surface area contributed by atoms with Gasteiger partial charge >= 0.3 is 5.69 Å². The fourth-order valence-electron chi connectivity index (χ4n) is 3.57. The topological polar surface area (TPSA) is 119 Å². The summed E-state index contributed by atoms with van der Waals surface area (Å²) < 4.78 is 2.29. The number of benzene rings is 1. The Kier molecular flexibility index (Phi) is 5.42. The Morgan fingerprint density at radius 2 is 1.80 bits per heavy atom. The van der Waals surface area contributed by atoms with E-state index in [-0.39, 0.29) is 24.3 Å². The maximum Gasteiger partial charge on any atom is 0.333 e. The molecule has 1 amide bonds. The van der Waals surface area contributed by atoms with Gasteiger partial charge in [0.1, 0.15) is 5.69 Å². The second-order valence-corrected chi connectivity index (χ2v) is 7.14. The number of aromatic nitrogens is 4. The molecule has 2 heterocycles. The molecule has 0 atom stereocenters. The number of nitrogens with zero attached hydrogens (tertiary/aromatic N) is 3. The number of hydrogen-bond donors (Lipinski definition) is 2. The van der Waals surface area contributed by atoms with Gasteiger partial charge in [0.15, 0.2) is 0 Å². The summed E-state index contributed by atoms with van der Waals surface area (Å²) in [5, 5.41) is 7.01. The molecule has 0 radical (unpaired) electrons. The Balaban J connectivity index is 1.46. The van der Waals surface area contributed by atoms with Gasteiger partial charge in [-0.1, -0.05) is 18.2 Å². The van der Waals surface area contributed by atoms with Gasteiger partial charge in [-0.2, -0.15) is 5.10 Å². The molecule has 0 saturated carbocycles. The van der Waals surface area contributed by atoms with Crippen molar-refractivity contribution in [2.75, 3.05) is 6.54 Å². The summed E-state index contributed by atoms with van der Waals surface area (Å²) in [4.78, 5) is 51.7. The van der Waals surface area contributed by atoms with Crippen LogP contribution < -0.4 is 22.1 Å². The van der Waals surface area contributed by atoms with Gasteiger partial charge in [-0.15, -0.1) is 0 Å². The lowest BCUT2D eigenvalue weighted by Gasteiger charge is -2.16. The van der Waals surface area contributed by atoms with E-state index in [0.29, 0.717) is 5.69 Å². The summed E-state index contributed by atoms with van der Waals surface area (Å²) in [5.41, 5.74) is 0.693. The normalized spacial score (nSPS) is 12.9. The molecule has 1 aliphatic carbocycles. The fraction of sp³-hybridized carbons (Fsp3) is 0.286. The van der Waals surface area contributed by atoms with Crippen molar-refractivity contribution in [3.63, 3.8) is 0 Å². The van der Waals surface area contributed by atoms with Crippen molar-refractivity contribution < 1.29 is 4.79 Å². The molecule has 154 valence electrons. The number of carbonyl (C=O) groups excluding carboxylic acids is 1. The van der Waals surface area contributed by atoms with Gasteiger partial charge in [0, 0.05) is 18.7 Å². The van der Waals surface area contributed by atoms with Crippen molar-refractivity contribution in [2.45, 2.75) is 32.2 Å². The molecule has 4 rings (SSSR count). The average Bonchev–Trinajstić information content (AvgIpc) is 2.74. The fourth-order valence-corrected chi connectivity index (χ4v) is 3.57. The largest absolute Gasteiger partial charge is 0.349 e. The lowest BCUT2D eigenvalue weighted by molar-refractivity contribution is 0.0946. The summed E-state index contributed by atoms with van der Waals surface area (Å²) >= 11 is 0. The van der Waals surface area contributed by atoms with E-state index < -0.39 is 17.2 Å². The van der Waals surface area contributed by atoms with E-state index in [0.717, 1.165) is 47.6 Å². The van der Waals surface area contributed by atoms with Gasteiger partial charge in [-0.25, -0.2) is 14.0 Å². The summed E-state index contributed by atoms with van der Waals surface area (Å²) in [5.74, 6) is -0.601. The molecule has 0 saturated heterocycles. The first-order valence-corrected chi connectivity index (χ1v) is 9.83. The third-order valence-electron chi connectivity index (χ3n) is 5.07. The van der Waals surface area contributed by atoms with Crippen LogP contribution in [0.5, 0.6) is 0 Å². The Labute approximate surface area is 171 Å². The minimum atomic E-state index is -0.702. The van der Waals surface area contributed by atoms with Crippen molar-refractivity contribution in [1.82, 2.24) is 24.6 Å². The molecule has 9 nitrogen and oxygen atoms in total. The average molecular weight is 407 g/mol. The van der Waals surface area contributed by atoms with Gasteiger partial charge in [-0.3, -0.25) is 14.4 Å². The van der Waals surface area contributed by atoms with Crippen LogP contribution in [-0.4, -0.2) is 31.8 Å². The van der Waals surface area contributed by atoms with Crippen LogP contribution in [-0.2, 0) is 19.4 Å². The first-order valence-electron chi connectivity index (χ1n) is 9.83. The molecule has 0 aliphatic heterocycles. The number of H-pyrrole nitrogens is 1. The van der Waals surface area contributed by atoms with Crippen LogP contribution in [0.4, 0.5) is 0 Å². The molecule has 1 aromatic carbocycles. The first kappa shape index (κ1) is 19.6. The Morgan fingerprint density at radius 1 is 1.03 bits per heavy atom. The summed E-state index contributed by atoms with van der Waals surface area (Å²) in [6, 6.07) is 11.1. The van der Waals surface area contributed by atoms with Crippen molar-refractivity contribution in [1.29, 1.82) is 0 Å². The van der Waals surface area contributed by atoms with Crippen molar-refractivity contribution in [2.24, 2.45) is 0 Å². The van der Waals surface area contributed by atoms with Gasteiger partial charge in [-0.05, 0) is 43.4 Å². The summed E-state index contributed by atoms with van der Waals surface area (Å²) in [6.45, 7) is 0.331. The van der Waals surface area contributed by atoms with Crippen LogP contribution in [0.1, 0.15) is 34.6 Å². The lowest BCUT2D eigenvalue weighted by Crippen LogP contribution is -2.38. The molecule has 2 N–H and O–H groups in total. The predicted octanol–water partition coefficient (Wildman–Crippen LogP) is 0.391. The highest BCUT2D eigenvalue weighted by Gasteiger charge is 2.14. The molecule has 1 aliphatic rings. The molecular formula is C21H21N5O4. The van der Waals surface area contributed by atoms with Crippen molar-refractivity contribution in [3.05, 3.63) is 90.6 Å². The molecule has 0 unspecified atom stereocenters. The molecule has 0 spiro atoms. The van der Waals surface area contributed by atoms with Crippen LogP contribution in [0, 0.1) is 0 Å². The highest BCUT2D eigenvalue weighted by atomic mass is 16.2. The highest BCUT2D eigenvalue weighted by molar-refractivity contribution is 5.92. The van der Waals surface area contributed by atoms with E-state index in [9.17, 15) is 19.2 Å². The van der Waals surface area contributed by atoms with E-state index in [1.54, 1.807) is 36.4 Å². The van der Waals surface area contributed by atoms with Gasteiger partial charge in [0.25, 0.3) is 17.0 Å². The number of aromatic amines is 1. The number of hydrogen-bond acceptors (Lipinski definition) is 5. The standard InChI is InChI=1S/C21H21N5O4/c27-18-12-14-6-4-5-9-16(14)24-25(18)11-10-22-20(29)17-13-19(28)26(21(30)23-17)15-7-2-1-3-8-15/h1-3,7-8,12-13H,4-6,9-11H2,(H,22,29)(H,23,30). The number of carbonyl (C=O) groups is 1. The third kappa shape index (κ3) is 4.00. The first-order chi connectivity index (χ1) is 14.5. The quantitative estimate of drug-likeness (QED) is 0.634. The van der Waals surface area contributed by atoms with E-state index in [4.69, 9.17) is 0 Å². The zero-order valence-electron chi connectivity index (χ0n) is 16.3. The highest BCUT2D eigenvalue weighted by Crippen LogP contribution is 2.16. The molecule has 9 heteroatoms. The van der Waals surface area contributed by atoms with Gasteiger partial charge < -0.3 is 10.3 Å². The van der Waals surface area contributed by atoms with Crippen LogP contribution >= 0.6 is 0 Å². The maximum absolute atomic E-state index is 12.4. The van der Waals surface area contributed by atoms with Gasteiger partial charge in [0.05, 0.1) is 17.9 Å². The van der Waals surface area contributed by atoms with E-state index in [1.165, 1.54) is 4.68 Å². The minimum absolute atomic E-state index is 0.133. The zero-order valence-corrected chi connectivity index (χ0v) is 16.3. The van der Waals surface area contributed by atoms with Crippen molar-refractivity contribution >= 4 is 5.91 Å².